The molecule has 0 spiro atoms. The number of hydrogen-bond acceptors (Lipinski definition) is 5. The number of benzene rings is 1. The highest BCUT2D eigenvalue weighted by atomic mass is 32.1. The Morgan fingerprint density at radius 3 is 2.50 bits per heavy atom. The Morgan fingerprint density at radius 1 is 1.25 bits per heavy atom. The molecule has 1 aliphatic heterocycles. The quantitative estimate of drug-likeness (QED) is 0.550. The van der Waals surface area contributed by atoms with E-state index in [0.29, 0.717) is 18.5 Å². The first-order valence-corrected chi connectivity index (χ1v) is 12.1. The molecule has 2 aromatic rings. The van der Waals surface area contributed by atoms with Gasteiger partial charge in [0.05, 0.1) is 1.37 Å². The fourth-order valence-corrected chi connectivity index (χ4v) is 6.54. The van der Waals surface area contributed by atoms with E-state index in [0.717, 1.165) is 21.6 Å². The van der Waals surface area contributed by atoms with Gasteiger partial charge < -0.3 is 4.74 Å². The Hall–Kier alpha value is -2.05. The highest BCUT2D eigenvalue weighted by molar-refractivity contribution is 7.14. The third kappa shape index (κ3) is 3.61. The smallest absolute Gasteiger partial charge is 0.308 e. The third-order valence-corrected chi connectivity index (χ3v) is 8.76. The Bertz CT molecular complexity index is 1140. The Kier molecular flexibility index (Phi) is 5.49. The minimum atomic E-state index is -1.17. The first kappa shape index (κ1) is 21.8. The molecule has 4 rings (SSSR count). The molecule has 1 saturated carbocycles. The molecular weight excluding hydrogens is 425 g/mol. The van der Waals surface area contributed by atoms with Crippen molar-refractivity contribution in [1.29, 1.82) is 0 Å². The number of aryl methyl sites for hydroxylation is 1. The van der Waals surface area contributed by atoms with E-state index in [4.69, 9.17) is 6.11 Å². The lowest BCUT2D eigenvalue weighted by Gasteiger charge is -2.47. The number of nitrogens with zero attached hydrogens (tertiary/aromatic N) is 1. The summed E-state index contributed by atoms with van der Waals surface area (Å²) in [6.45, 7) is 13.6. The van der Waals surface area contributed by atoms with E-state index in [-0.39, 0.29) is 46.5 Å². The van der Waals surface area contributed by atoms with Crippen molar-refractivity contribution < 1.29 is 20.1 Å². The van der Waals surface area contributed by atoms with Crippen molar-refractivity contribution in [3.8, 4) is 5.06 Å². The maximum absolute atomic E-state index is 15.5. The SMILES string of the molecule is [2H]c1c(OC(C)=O)sc2c1CN(C(C)(C(=O)C1C(C)C1C)c1c(F)ccc(C)c1C)C(C)C2. The van der Waals surface area contributed by atoms with E-state index < -0.39 is 11.5 Å². The molecule has 0 bridgehead atoms. The normalized spacial score (nSPS) is 27.3. The van der Waals surface area contributed by atoms with E-state index in [9.17, 15) is 9.59 Å². The van der Waals surface area contributed by atoms with E-state index in [1.807, 2.05) is 27.7 Å². The molecule has 0 amide bonds. The molecule has 0 saturated heterocycles. The fourth-order valence-electron chi connectivity index (χ4n) is 5.42. The molecule has 0 N–H and O–H groups in total. The zero-order valence-electron chi connectivity index (χ0n) is 20.8. The van der Waals surface area contributed by atoms with Gasteiger partial charge in [-0.1, -0.05) is 19.9 Å². The van der Waals surface area contributed by atoms with Crippen molar-refractivity contribution >= 4 is 23.1 Å². The van der Waals surface area contributed by atoms with Crippen molar-refractivity contribution in [2.24, 2.45) is 17.8 Å². The molecule has 0 radical (unpaired) electrons. The van der Waals surface area contributed by atoms with Crippen molar-refractivity contribution in [2.75, 3.05) is 0 Å². The van der Waals surface area contributed by atoms with Gasteiger partial charge in [0.1, 0.15) is 11.4 Å². The van der Waals surface area contributed by atoms with Crippen LogP contribution in [0.15, 0.2) is 18.2 Å². The maximum Gasteiger partial charge on any atom is 0.308 e. The number of carbonyl (C=O) groups is 2. The lowest BCUT2D eigenvalue weighted by Crippen LogP contribution is -2.56. The fraction of sp³-hybridized carbons (Fsp3) is 0.538. The summed E-state index contributed by atoms with van der Waals surface area (Å²) in [5.41, 5.74) is 1.77. The van der Waals surface area contributed by atoms with Crippen LogP contribution in [0.2, 0.25) is 0 Å². The summed E-state index contributed by atoms with van der Waals surface area (Å²) in [5, 5.41) is 0.289. The molecule has 2 heterocycles. The number of ketones is 1. The Morgan fingerprint density at radius 2 is 1.91 bits per heavy atom. The van der Waals surface area contributed by atoms with Crippen LogP contribution in [0, 0.1) is 37.4 Å². The Balaban J connectivity index is 1.86. The molecule has 4 nitrogen and oxygen atoms in total. The van der Waals surface area contributed by atoms with Gasteiger partial charge in [0.15, 0.2) is 10.8 Å². The van der Waals surface area contributed by atoms with Crippen LogP contribution in [0.25, 0.3) is 0 Å². The summed E-state index contributed by atoms with van der Waals surface area (Å²) < 4.78 is 29.4. The van der Waals surface area contributed by atoms with Crippen molar-refractivity contribution in [1.82, 2.24) is 4.90 Å². The van der Waals surface area contributed by atoms with E-state index >= 15 is 4.39 Å². The molecule has 4 unspecified atom stereocenters. The number of ether oxygens (including phenoxy) is 1. The number of carbonyl (C=O) groups excluding carboxylic acids is 2. The zero-order valence-corrected chi connectivity index (χ0v) is 20.7. The minimum absolute atomic E-state index is 0.0485. The molecule has 2 aliphatic rings. The second-order valence-corrected chi connectivity index (χ2v) is 10.8. The van der Waals surface area contributed by atoms with Crippen LogP contribution in [-0.2, 0) is 28.1 Å². The molecule has 1 aromatic carbocycles. The molecule has 4 atom stereocenters. The largest absolute Gasteiger partial charge is 0.416 e. The number of Topliss-reactive ketones (excluding diaryl/α,β-unsaturated/α-hetero) is 1. The zero-order chi connectivity index (χ0) is 24.4. The van der Waals surface area contributed by atoms with E-state index in [2.05, 4.69) is 18.7 Å². The van der Waals surface area contributed by atoms with Gasteiger partial charge in [0, 0.05) is 35.9 Å². The van der Waals surface area contributed by atoms with Gasteiger partial charge in [-0.25, -0.2) is 4.39 Å². The van der Waals surface area contributed by atoms with Crippen LogP contribution in [-0.4, -0.2) is 22.7 Å². The number of esters is 1. The predicted octanol–water partition coefficient (Wildman–Crippen LogP) is 5.56. The number of thiophene rings is 1. The monoisotopic (exact) mass is 458 g/mol. The summed E-state index contributed by atoms with van der Waals surface area (Å²) in [4.78, 5) is 28.7. The van der Waals surface area contributed by atoms with Crippen LogP contribution < -0.4 is 4.74 Å². The molecule has 1 fully saturated rings. The van der Waals surface area contributed by atoms with Gasteiger partial charge in [-0.3, -0.25) is 14.5 Å². The van der Waals surface area contributed by atoms with Gasteiger partial charge in [-0.05, 0) is 74.8 Å². The summed E-state index contributed by atoms with van der Waals surface area (Å²) in [6, 6.07) is 3.35. The molecular formula is C26H32FNO3S. The van der Waals surface area contributed by atoms with E-state index in [1.165, 1.54) is 24.3 Å². The predicted molar refractivity (Wildman–Crippen MR) is 124 cm³/mol. The molecule has 32 heavy (non-hydrogen) atoms. The maximum atomic E-state index is 15.5. The average molecular weight is 459 g/mol. The van der Waals surface area contributed by atoms with Gasteiger partial charge in [-0.15, -0.1) is 11.3 Å². The molecule has 1 aliphatic carbocycles. The average Bonchev–Trinajstić information content (AvgIpc) is 3.22. The van der Waals surface area contributed by atoms with Crippen molar-refractivity contribution in [3.63, 3.8) is 0 Å². The lowest BCUT2D eigenvalue weighted by atomic mass is 9.77. The van der Waals surface area contributed by atoms with Crippen molar-refractivity contribution in [3.05, 3.63) is 51.1 Å². The summed E-state index contributed by atoms with van der Waals surface area (Å²) in [5.74, 6) is -0.357. The van der Waals surface area contributed by atoms with Crippen LogP contribution in [0.5, 0.6) is 5.06 Å². The van der Waals surface area contributed by atoms with Crippen molar-refractivity contribution in [2.45, 2.75) is 73.0 Å². The van der Waals surface area contributed by atoms with Gasteiger partial charge in [0.25, 0.3) is 0 Å². The van der Waals surface area contributed by atoms with E-state index in [1.54, 1.807) is 6.07 Å². The molecule has 6 heteroatoms. The summed E-state index contributed by atoms with van der Waals surface area (Å²) >= 11 is 1.32. The van der Waals surface area contributed by atoms with Crippen LogP contribution in [0.4, 0.5) is 4.39 Å². The number of rotatable bonds is 5. The highest BCUT2D eigenvalue weighted by Gasteiger charge is 2.57. The number of halogens is 1. The first-order valence-electron chi connectivity index (χ1n) is 11.8. The lowest BCUT2D eigenvalue weighted by molar-refractivity contribution is -0.136. The second-order valence-electron chi connectivity index (χ2n) is 9.74. The van der Waals surface area contributed by atoms with Crippen LogP contribution in [0.1, 0.15) is 63.1 Å². The van der Waals surface area contributed by atoms with Crippen LogP contribution in [0.3, 0.4) is 0 Å². The Labute approximate surface area is 195 Å². The minimum Gasteiger partial charge on any atom is -0.416 e. The second kappa shape index (κ2) is 8.07. The number of hydrogen-bond donors (Lipinski definition) is 0. The summed E-state index contributed by atoms with van der Waals surface area (Å²) in [6.07, 6.45) is 0.609. The van der Waals surface area contributed by atoms with Gasteiger partial charge in [0.2, 0.25) is 0 Å². The number of fused-ring (bicyclic) bond motifs is 1. The topological polar surface area (TPSA) is 46.6 Å². The molecule has 172 valence electrons. The summed E-state index contributed by atoms with van der Waals surface area (Å²) in [7, 11) is 0. The van der Waals surface area contributed by atoms with Crippen LogP contribution >= 0.6 is 11.3 Å². The van der Waals surface area contributed by atoms with Gasteiger partial charge >= 0.3 is 5.97 Å². The standard InChI is InChI=1S/C26H32FNO3S/c1-13-8-9-20(27)24(15(13)3)26(7,25(30)23-16(4)17(23)5)28-12-19-11-22(31-18(6)29)32-21(19)10-14(28)2/h8-9,11,14,16-17,23H,10,12H2,1-7H3/i11D. The highest BCUT2D eigenvalue weighted by Crippen LogP contribution is 2.52. The first-order chi connectivity index (χ1) is 15.4. The van der Waals surface area contributed by atoms with Gasteiger partial charge in [-0.2, -0.15) is 0 Å². The molecule has 1 aromatic heterocycles. The third-order valence-electron chi connectivity index (χ3n) is 7.73.